The molecule has 1 aromatic heterocycles. The summed E-state index contributed by atoms with van der Waals surface area (Å²) in [5.41, 5.74) is 5.58. The molecular formula is C21H23BrN2O2. The van der Waals surface area contributed by atoms with E-state index < -0.39 is 6.10 Å². The van der Waals surface area contributed by atoms with Gasteiger partial charge in [-0.2, -0.15) is 0 Å². The van der Waals surface area contributed by atoms with Crippen LogP contribution in [0.2, 0.25) is 0 Å². The van der Waals surface area contributed by atoms with Crippen molar-refractivity contribution in [1.29, 1.82) is 0 Å². The van der Waals surface area contributed by atoms with E-state index in [-0.39, 0.29) is 12.5 Å². The Kier molecular flexibility index (Phi) is 5.79. The van der Waals surface area contributed by atoms with Crippen LogP contribution in [-0.2, 0) is 11.2 Å². The number of rotatable bonds is 6. The van der Waals surface area contributed by atoms with Gasteiger partial charge in [0.1, 0.15) is 0 Å². The van der Waals surface area contributed by atoms with Crippen LogP contribution in [0.5, 0.6) is 0 Å². The highest BCUT2D eigenvalue weighted by molar-refractivity contribution is 9.10. The van der Waals surface area contributed by atoms with Crippen LogP contribution in [-0.4, -0.2) is 28.6 Å². The number of aromatic nitrogens is 1. The molecular weight excluding hydrogens is 392 g/mol. The first-order valence-corrected chi connectivity index (χ1v) is 9.55. The Balaban J connectivity index is 1.93. The Morgan fingerprint density at radius 2 is 1.96 bits per heavy atom. The van der Waals surface area contributed by atoms with Gasteiger partial charge in [-0.25, -0.2) is 0 Å². The molecule has 26 heavy (non-hydrogen) atoms. The molecule has 3 rings (SSSR count). The molecule has 3 aromatic rings. The number of aliphatic hydroxyl groups excluding tert-OH is 1. The lowest BCUT2D eigenvalue weighted by atomic mass is 10.00. The molecule has 0 saturated carbocycles. The minimum atomic E-state index is -0.534. The van der Waals surface area contributed by atoms with Crippen molar-refractivity contribution >= 4 is 32.7 Å². The normalized spacial score (nSPS) is 12.3. The van der Waals surface area contributed by atoms with Gasteiger partial charge in [-0.15, -0.1) is 0 Å². The highest BCUT2D eigenvalue weighted by Crippen LogP contribution is 2.32. The number of benzene rings is 2. The molecule has 0 aliphatic heterocycles. The number of aliphatic hydroxyl groups is 1. The summed E-state index contributed by atoms with van der Waals surface area (Å²) in [6, 6.07) is 14.5. The van der Waals surface area contributed by atoms with Crippen LogP contribution in [0.1, 0.15) is 24.5 Å². The summed E-state index contributed by atoms with van der Waals surface area (Å²) in [6.45, 7) is 4.02. The van der Waals surface area contributed by atoms with Crippen molar-refractivity contribution in [2.45, 2.75) is 32.8 Å². The third-order valence-electron chi connectivity index (χ3n) is 4.39. The van der Waals surface area contributed by atoms with E-state index in [1.165, 1.54) is 5.56 Å². The maximum Gasteiger partial charge on any atom is 0.220 e. The van der Waals surface area contributed by atoms with Crippen molar-refractivity contribution in [2.24, 2.45) is 0 Å². The van der Waals surface area contributed by atoms with Crippen molar-refractivity contribution in [2.75, 3.05) is 6.54 Å². The molecule has 2 aromatic carbocycles. The van der Waals surface area contributed by atoms with Crippen molar-refractivity contribution in [3.63, 3.8) is 0 Å². The molecule has 0 spiro atoms. The average molecular weight is 415 g/mol. The summed E-state index contributed by atoms with van der Waals surface area (Å²) in [5, 5.41) is 13.2. The van der Waals surface area contributed by atoms with E-state index in [0.717, 1.165) is 32.2 Å². The topological polar surface area (TPSA) is 65.1 Å². The zero-order valence-corrected chi connectivity index (χ0v) is 16.6. The molecule has 0 unspecified atom stereocenters. The predicted molar refractivity (Wildman–Crippen MR) is 109 cm³/mol. The Morgan fingerprint density at radius 3 is 2.65 bits per heavy atom. The van der Waals surface area contributed by atoms with Gasteiger partial charge >= 0.3 is 0 Å². The van der Waals surface area contributed by atoms with E-state index >= 15 is 0 Å². The molecule has 3 N–H and O–H groups in total. The zero-order chi connectivity index (χ0) is 18.7. The van der Waals surface area contributed by atoms with Crippen LogP contribution in [0, 0.1) is 6.92 Å². The summed E-state index contributed by atoms with van der Waals surface area (Å²) in [6.07, 6.45) is 0.491. The number of aryl methyl sites for hydroxylation is 2. The maximum atomic E-state index is 12.1. The van der Waals surface area contributed by atoms with Gasteiger partial charge in [0, 0.05) is 34.0 Å². The number of hydrogen-bond acceptors (Lipinski definition) is 2. The summed E-state index contributed by atoms with van der Waals surface area (Å²) < 4.78 is 1.03. The number of H-pyrrole nitrogens is 1. The minimum absolute atomic E-state index is 0.0466. The largest absolute Gasteiger partial charge is 0.392 e. The van der Waals surface area contributed by atoms with Gasteiger partial charge < -0.3 is 15.4 Å². The van der Waals surface area contributed by atoms with E-state index in [1.807, 2.05) is 12.1 Å². The molecule has 136 valence electrons. The summed E-state index contributed by atoms with van der Waals surface area (Å²) >= 11 is 3.48. The lowest BCUT2D eigenvalue weighted by molar-refractivity contribution is -0.121. The average Bonchev–Trinajstić information content (AvgIpc) is 2.96. The third kappa shape index (κ3) is 4.34. The molecule has 0 fully saturated rings. The van der Waals surface area contributed by atoms with Crippen molar-refractivity contribution < 1.29 is 9.90 Å². The van der Waals surface area contributed by atoms with Gasteiger partial charge in [0.15, 0.2) is 0 Å². The van der Waals surface area contributed by atoms with Gasteiger partial charge in [-0.05, 0) is 55.7 Å². The molecule has 5 heteroatoms. The van der Waals surface area contributed by atoms with Gasteiger partial charge in [-0.3, -0.25) is 4.79 Å². The van der Waals surface area contributed by atoms with Gasteiger partial charge in [0.25, 0.3) is 0 Å². The van der Waals surface area contributed by atoms with Gasteiger partial charge in [0.05, 0.1) is 6.10 Å². The number of amides is 1. The van der Waals surface area contributed by atoms with Crippen molar-refractivity contribution in [3.05, 3.63) is 58.1 Å². The fourth-order valence-electron chi connectivity index (χ4n) is 3.07. The standard InChI is InChI=1S/C21H23BrN2O2/c1-13-3-9-19-18(11-13)17(8-10-20(26)23-12-14(2)25)21(24-19)15-4-6-16(22)7-5-15/h3-7,9,11,14,24-25H,8,10,12H2,1-2H3,(H,23,26)/t14-/m0/s1. The molecule has 0 saturated heterocycles. The lowest BCUT2D eigenvalue weighted by Gasteiger charge is -2.08. The number of fused-ring (bicyclic) bond motifs is 1. The van der Waals surface area contributed by atoms with E-state index in [9.17, 15) is 9.90 Å². The van der Waals surface area contributed by atoms with Crippen LogP contribution in [0.3, 0.4) is 0 Å². The molecule has 1 atom stereocenters. The molecule has 4 nitrogen and oxygen atoms in total. The molecule has 1 amide bonds. The van der Waals surface area contributed by atoms with Gasteiger partial charge in [0.2, 0.25) is 5.91 Å². The van der Waals surface area contributed by atoms with E-state index in [4.69, 9.17) is 0 Å². The maximum absolute atomic E-state index is 12.1. The lowest BCUT2D eigenvalue weighted by Crippen LogP contribution is -2.30. The SMILES string of the molecule is Cc1ccc2[nH]c(-c3ccc(Br)cc3)c(CCC(=O)NC[C@H](C)O)c2c1. The third-order valence-corrected chi connectivity index (χ3v) is 4.92. The first-order valence-electron chi connectivity index (χ1n) is 8.76. The van der Waals surface area contributed by atoms with E-state index in [1.54, 1.807) is 6.92 Å². The highest BCUT2D eigenvalue weighted by atomic mass is 79.9. The molecule has 1 heterocycles. The number of aromatic amines is 1. The first-order chi connectivity index (χ1) is 12.4. The number of hydrogen-bond donors (Lipinski definition) is 3. The smallest absolute Gasteiger partial charge is 0.220 e. The summed E-state index contributed by atoms with van der Waals surface area (Å²) in [4.78, 5) is 15.6. The second-order valence-electron chi connectivity index (χ2n) is 6.69. The number of carbonyl (C=O) groups is 1. The number of nitrogens with one attached hydrogen (secondary N) is 2. The van der Waals surface area contributed by atoms with Crippen molar-refractivity contribution in [1.82, 2.24) is 10.3 Å². The second kappa shape index (κ2) is 8.06. The second-order valence-corrected chi connectivity index (χ2v) is 7.60. The van der Waals surface area contributed by atoms with Crippen molar-refractivity contribution in [3.8, 4) is 11.3 Å². The van der Waals surface area contributed by atoms with Crippen LogP contribution in [0.4, 0.5) is 0 Å². The Hall–Kier alpha value is -2.11. The molecule has 0 aliphatic rings. The van der Waals surface area contributed by atoms with Gasteiger partial charge in [-0.1, -0.05) is 39.7 Å². The summed E-state index contributed by atoms with van der Waals surface area (Å²) in [7, 11) is 0. The fourth-order valence-corrected chi connectivity index (χ4v) is 3.34. The number of carbonyl (C=O) groups excluding carboxylic acids is 1. The predicted octanol–water partition coefficient (Wildman–Crippen LogP) is 4.34. The minimum Gasteiger partial charge on any atom is -0.392 e. The van der Waals surface area contributed by atoms with Crippen LogP contribution in [0.15, 0.2) is 46.9 Å². The zero-order valence-electron chi connectivity index (χ0n) is 15.0. The highest BCUT2D eigenvalue weighted by Gasteiger charge is 2.15. The molecule has 0 bridgehead atoms. The Labute approximate surface area is 161 Å². The fraction of sp³-hybridized carbons (Fsp3) is 0.286. The van der Waals surface area contributed by atoms with Crippen LogP contribution in [0.25, 0.3) is 22.2 Å². The first kappa shape index (κ1) is 18.7. The molecule has 0 radical (unpaired) electrons. The Bertz CT molecular complexity index is 914. The van der Waals surface area contributed by atoms with Crippen LogP contribution >= 0.6 is 15.9 Å². The summed E-state index contributed by atoms with van der Waals surface area (Å²) in [5.74, 6) is -0.0466. The quantitative estimate of drug-likeness (QED) is 0.561. The van der Waals surface area contributed by atoms with E-state index in [0.29, 0.717) is 12.8 Å². The monoisotopic (exact) mass is 414 g/mol. The Morgan fingerprint density at radius 1 is 1.23 bits per heavy atom. The molecule has 0 aliphatic carbocycles. The van der Waals surface area contributed by atoms with Crippen LogP contribution < -0.4 is 5.32 Å². The number of halogens is 1. The van der Waals surface area contributed by atoms with E-state index in [2.05, 4.69) is 63.5 Å².